The van der Waals surface area contributed by atoms with Gasteiger partial charge >= 0.3 is 6.03 Å². The maximum Gasteiger partial charge on any atom is 0.315 e. The highest BCUT2D eigenvalue weighted by atomic mass is 16.2. The Labute approximate surface area is 121 Å². The smallest absolute Gasteiger partial charge is 0.315 e. The molecular weight excluding hydrogens is 250 g/mol. The summed E-state index contributed by atoms with van der Waals surface area (Å²) in [6.07, 6.45) is 5.11. The van der Waals surface area contributed by atoms with E-state index in [1.54, 1.807) is 0 Å². The van der Waals surface area contributed by atoms with Gasteiger partial charge in [-0.05, 0) is 37.8 Å². The predicted octanol–water partition coefficient (Wildman–Crippen LogP) is 2.98. The molecule has 1 unspecified atom stereocenters. The summed E-state index contributed by atoms with van der Waals surface area (Å²) < 4.78 is 0. The largest absolute Gasteiger partial charge is 0.383 e. The third kappa shape index (κ3) is 5.95. The molecule has 0 radical (unpaired) electrons. The number of carbonyl (C=O) groups is 1. The second-order valence-electron chi connectivity index (χ2n) is 5.63. The van der Waals surface area contributed by atoms with Crippen LogP contribution in [0.5, 0.6) is 0 Å². The van der Waals surface area contributed by atoms with Crippen molar-refractivity contribution in [1.29, 1.82) is 0 Å². The first-order valence-electron chi connectivity index (χ1n) is 7.57. The number of para-hydroxylation sites is 1. The van der Waals surface area contributed by atoms with Gasteiger partial charge in [-0.1, -0.05) is 31.0 Å². The fraction of sp³-hybridized carbons (Fsp3) is 0.562. The fourth-order valence-corrected chi connectivity index (χ4v) is 2.15. The molecule has 1 atom stereocenters. The first kappa shape index (κ1) is 14.7. The van der Waals surface area contributed by atoms with E-state index in [4.69, 9.17) is 0 Å². The molecule has 0 heterocycles. The second-order valence-corrected chi connectivity index (χ2v) is 5.63. The molecule has 20 heavy (non-hydrogen) atoms. The summed E-state index contributed by atoms with van der Waals surface area (Å²) in [4.78, 5) is 11.7. The number of amides is 2. The molecule has 4 heteroatoms. The highest BCUT2D eigenvalue weighted by Crippen LogP contribution is 2.33. The molecule has 0 bridgehead atoms. The van der Waals surface area contributed by atoms with Crippen molar-refractivity contribution < 1.29 is 4.79 Å². The Morgan fingerprint density at radius 3 is 2.75 bits per heavy atom. The van der Waals surface area contributed by atoms with Crippen molar-refractivity contribution in [3.63, 3.8) is 0 Å². The highest BCUT2D eigenvalue weighted by Gasteiger charge is 2.20. The Morgan fingerprint density at radius 1 is 1.30 bits per heavy atom. The molecule has 0 aromatic heterocycles. The zero-order valence-corrected chi connectivity index (χ0v) is 12.2. The van der Waals surface area contributed by atoms with Crippen molar-refractivity contribution in [3.05, 3.63) is 30.3 Å². The maximum absolute atomic E-state index is 11.7. The van der Waals surface area contributed by atoms with Crippen LogP contribution in [0.2, 0.25) is 0 Å². The van der Waals surface area contributed by atoms with Gasteiger partial charge in [-0.25, -0.2) is 4.79 Å². The lowest BCUT2D eigenvalue weighted by atomic mass is 10.2. The Hall–Kier alpha value is -1.71. The van der Waals surface area contributed by atoms with Gasteiger partial charge in [0.15, 0.2) is 0 Å². The van der Waals surface area contributed by atoms with Crippen molar-refractivity contribution in [2.45, 2.75) is 38.6 Å². The van der Waals surface area contributed by atoms with Crippen LogP contribution in [-0.4, -0.2) is 25.2 Å². The molecule has 1 saturated carbocycles. The minimum Gasteiger partial charge on any atom is -0.383 e. The van der Waals surface area contributed by atoms with Gasteiger partial charge in [0.05, 0.1) is 0 Å². The van der Waals surface area contributed by atoms with E-state index < -0.39 is 0 Å². The van der Waals surface area contributed by atoms with Crippen LogP contribution in [0.3, 0.4) is 0 Å². The minimum atomic E-state index is -0.0665. The fourth-order valence-electron chi connectivity index (χ4n) is 2.15. The number of anilines is 1. The van der Waals surface area contributed by atoms with Crippen molar-refractivity contribution in [2.24, 2.45) is 5.92 Å². The van der Waals surface area contributed by atoms with E-state index in [-0.39, 0.29) is 12.1 Å². The standard InChI is InChI=1S/C16H25N3O/c1-13(12-18-15-7-3-2-4-8-15)19-16(20)17-11-5-6-14-9-10-14/h2-4,7-8,13-14,18H,5-6,9-12H2,1H3,(H2,17,19,20). The van der Waals surface area contributed by atoms with Gasteiger partial charge < -0.3 is 16.0 Å². The van der Waals surface area contributed by atoms with E-state index in [1.165, 1.54) is 19.3 Å². The van der Waals surface area contributed by atoms with E-state index in [9.17, 15) is 4.79 Å². The van der Waals surface area contributed by atoms with Crippen LogP contribution >= 0.6 is 0 Å². The van der Waals surface area contributed by atoms with Gasteiger partial charge in [0.1, 0.15) is 0 Å². The molecule has 2 amide bonds. The van der Waals surface area contributed by atoms with Crippen molar-refractivity contribution in [2.75, 3.05) is 18.4 Å². The van der Waals surface area contributed by atoms with E-state index in [2.05, 4.69) is 16.0 Å². The minimum absolute atomic E-state index is 0.0665. The molecular formula is C16H25N3O. The number of nitrogens with one attached hydrogen (secondary N) is 3. The Bertz CT molecular complexity index is 403. The Morgan fingerprint density at radius 2 is 2.05 bits per heavy atom. The summed E-state index contributed by atoms with van der Waals surface area (Å²) in [6, 6.07) is 10.0. The molecule has 3 N–H and O–H groups in total. The summed E-state index contributed by atoms with van der Waals surface area (Å²) in [5, 5.41) is 9.16. The van der Waals surface area contributed by atoms with Gasteiger partial charge in [0, 0.05) is 24.8 Å². The van der Waals surface area contributed by atoms with Gasteiger partial charge in [-0.3, -0.25) is 0 Å². The van der Waals surface area contributed by atoms with Crippen LogP contribution in [0.25, 0.3) is 0 Å². The van der Waals surface area contributed by atoms with E-state index in [0.29, 0.717) is 0 Å². The van der Waals surface area contributed by atoms with Gasteiger partial charge in [-0.2, -0.15) is 0 Å². The van der Waals surface area contributed by atoms with Gasteiger partial charge in [0.25, 0.3) is 0 Å². The summed E-state index contributed by atoms with van der Waals surface area (Å²) in [7, 11) is 0. The van der Waals surface area contributed by atoms with Crippen LogP contribution in [-0.2, 0) is 0 Å². The van der Waals surface area contributed by atoms with E-state index in [1.807, 2.05) is 37.3 Å². The quantitative estimate of drug-likeness (QED) is 0.639. The molecule has 1 aliphatic carbocycles. The van der Waals surface area contributed by atoms with Crippen LogP contribution in [0.4, 0.5) is 10.5 Å². The Kier molecular flexibility index (Phi) is 5.71. The first-order chi connectivity index (χ1) is 9.74. The van der Waals surface area contributed by atoms with Crippen LogP contribution < -0.4 is 16.0 Å². The van der Waals surface area contributed by atoms with Crippen LogP contribution in [0.15, 0.2) is 30.3 Å². The van der Waals surface area contributed by atoms with Crippen molar-refractivity contribution in [1.82, 2.24) is 10.6 Å². The van der Waals surface area contributed by atoms with Crippen molar-refractivity contribution in [3.8, 4) is 0 Å². The predicted molar refractivity (Wildman–Crippen MR) is 82.9 cm³/mol. The van der Waals surface area contributed by atoms with Crippen LogP contribution in [0, 0.1) is 5.92 Å². The van der Waals surface area contributed by atoms with Gasteiger partial charge in [0.2, 0.25) is 0 Å². The first-order valence-corrected chi connectivity index (χ1v) is 7.57. The molecule has 1 fully saturated rings. The summed E-state index contributed by atoms with van der Waals surface area (Å²) in [6.45, 7) is 3.50. The second kappa shape index (κ2) is 7.78. The zero-order chi connectivity index (χ0) is 14.2. The number of carbonyl (C=O) groups excluding carboxylic acids is 1. The van der Waals surface area contributed by atoms with E-state index in [0.717, 1.165) is 31.1 Å². The number of benzene rings is 1. The molecule has 1 aliphatic rings. The third-order valence-corrected chi connectivity index (χ3v) is 3.54. The summed E-state index contributed by atoms with van der Waals surface area (Å²) >= 11 is 0. The molecule has 2 rings (SSSR count). The molecule has 1 aromatic rings. The lowest BCUT2D eigenvalue weighted by molar-refractivity contribution is 0.238. The summed E-state index contributed by atoms with van der Waals surface area (Å²) in [5.41, 5.74) is 1.07. The molecule has 1 aromatic carbocycles. The SMILES string of the molecule is CC(CNc1ccccc1)NC(=O)NCCCC1CC1. The molecule has 0 saturated heterocycles. The third-order valence-electron chi connectivity index (χ3n) is 3.54. The monoisotopic (exact) mass is 275 g/mol. The van der Waals surface area contributed by atoms with Crippen molar-refractivity contribution >= 4 is 11.7 Å². The van der Waals surface area contributed by atoms with Crippen LogP contribution in [0.1, 0.15) is 32.6 Å². The average Bonchev–Trinajstić information content (AvgIpc) is 3.27. The lowest BCUT2D eigenvalue weighted by Crippen LogP contribution is -2.43. The topological polar surface area (TPSA) is 53.2 Å². The molecule has 110 valence electrons. The molecule has 4 nitrogen and oxygen atoms in total. The highest BCUT2D eigenvalue weighted by molar-refractivity contribution is 5.74. The van der Waals surface area contributed by atoms with Gasteiger partial charge in [-0.15, -0.1) is 0 Å². The number of hydrogen-bond acceptors (Lipinski definition) is 2. The maximum atomic E-state index is 11.7. The summed E-state index contributed by atoms with van der Waals surface area (Å²) in [5.74, 6) is 0.939. The lowest BCUT2D eigenvalue weighted by Gasteiger charge is -2.16. The Balaban J connectivity index is 1.53. The average molecular weight is 275 g/mol. The molecule has 0 aliphatic heterocycles. The number of rotatable bonds is 8. The molecule has 0 spiro atoms. The van der Waals surface area contributed by atoms with E-state index >= 15 is 0 Å². The number of hydrogen-bond donors (Lipinski definition) is 3. The normalized spacial score (nSPS) is 15.4. The zero-order valence-electron chi connectivity index (χ0n) is 12.2. The number of urea groups is 1.